The van der Waals surface area contributed by atoms with Gasteiger partial charge in [0.1, 0.15) is 5.75 Å². The molecule has 1 heterocycles. The van der Waals surface area contributed by atoms with E-state index < -0.39 is 0 Å². The van der Waals surface area contributed by atoms with E-state index in [1.54, 1.807) is 12.4 Å². The van der Waals surface area contributed by atoms with Crippen molar-refractivity contribution in [2.45, 2.75) is 44.4 Å². The number of fused-ring (bicyclic) bond motifs is 2. The van der Waals surface area contributed by atoms with E-state index in [9.17, 15) is 9.90 Å². The van der Waals surface area contributed by atoms with Crippen LogP contribution in [0.2, 0.25) is 0 Å². The molecule has 0 saturated heterocycles. The van der Waals surface area contributed by atoms with Gasteiger partial charge in [0.25, 0.3) is 5.91 Å². The van der Waals surface area contributed by atoms with Crippen LogP contribution in [0.3, 0.4) is 0 Å². The Morgan fingerprint density at radius 2 is 2.19 bits per heavy atom. The van der Waals surface area contributed by atoms with Gasteiger partial charge in [-0.3, -0.25) is 4.79 Å². The van der Waals surface area contributed by atoms with Crippen molar-refractivity contribution >= 4 is 16.9 Å². The number of hydrogen-bond acceptors (Lipinski definition) is 3. The molecule has 0 radical (unpaired) electrons. The zero-order valence-corrected chi connectivity index (χ0v) is 15.6. The number of nitrogens with zero attached hydrogens (tertiary/aromatic N) is 1. The molecule has 3 N–H and O–H groups in total. The molecule has 3 aromatic rings. The minimum absolute atomic E-state index is 0.0208. The molecule has 0 bridgehead atoms. The smallest absolute Gasteiger partial charge is 0.251 e. The molecule has 5 heteroatoms. The van der Waals surface area contributed by atoms with E-state index >= 15 is 0 Å². The van der Waals surface area contributed by atoms with Crippen molar-refractivity contribution in [1.82, 2.24) is 15.3 Å². The van der Waals surface area contributed by atoms with Gasteiger partial charge in [0.15, 0.2) is 0 Å². The first-order chi connectivity index (χ1) is 13.1. The summed E-state index contributed by atoms with van der Waals surface area (Å²) in [5, 5.41) is 13.0. The molecule has 140 valence electrons. The van der Waals surface area contributed by atoms with Crippen molar-refractivity contribution in [2.75, 3.05) is 6.54 Å². The lowest BCUT2D eigenvalue weighted by Gasteiger charge is -2.39. The standard InChI is InChI=1S/C22H25N3O2/c1-2-22(9-3-4-15-5-7-17(26)13-18(15)22)10-11-23-21(27)16-6-8-19-20(12-16)25-14-24-19/h5-8,12-14,26H,2-4,9-11H2,1H3,(H,23,27)(H,24,25). The van der Waals surface area contributed by atoms with Gasteiger partial charge in [0.2, 0.25) is 0 Å². The third kappa shape index (κ3) is 3.29. The monoisotopic (exact) mass is 363 g/mol. The van der Waals surface area contributed by atoms with E-state index in [-0.39, 0.29) is 11.3 Å². The van der Waals surface area contributed by atoms with Crippen molar-refractivity contribution in [3.8, 4) is 5.75 Å². The fourth-order valence-electron chi connectivity index (χ4n) is 4.43. The molecule has 5 nitrogen and oxygen atoms in total. The van der Waals surface area contributed by atoms with Crippen molar-refractivity contribution in [3.05, 3.63) is 59.4 Å². The number of aromatic amines is 1. The highest BCUT2D eigenvalue weighted by molar-refractivity contribution is 5.97. The first kappa shape index (κ1) is 17.6. The molecule has 0 saturated carbocycles. The maximum atomic E-state index is 12.6. The van der Waals surface area contributed by atoms with Gasteiger partial charge in [-0.2, -0.15) is 0 Å². The first-order valence-electron chi connectivity index (χ1n) is 9.65. The average molecular weight is 363 g/mol. The van der Waals surface area contributed by atoms with Gasteiger partial charge < -0.3 is 15.4 Å². The van der Waals surface area contributed by atoms with Crippen LogP contribution in [0.4, 0.5) is 0 Å². The third-order valence-corrected chi connectivity index (χ3v) is 6.01. The fraction of sp³-hybridized carbons (Fsp3) is 0.364. The number of aromatic nitrogens is 2. The number of benzene rings is 2. The Labute approximate surface area is 158 Å². The van der Waals surface area contributed by atoms with Gasteiger partial charge in [0, 0.05) is 12.1 Å². The van der Waals surface area contributed by atoms with Crippen molar-refractivity contribution in [1.29, 1.82) is 0 Å². The number of hydrogen-bond donors (Lipinski definition) is 3. The van der Waals surface area contributed by atoms with Crippen LogP contribution in [-0.2, 0) is 11.8 Å². The Balaban J connectivity index is 1.47. The third-order valence-electron chi connectivity index (χ3n) is 6.01. The number of carbonyl (C=O) groups is 1. The Hall–Kier alpha value is -2.82. The second-order valence-corrected chi connectivity index (χ2v) is 7.47. The molecule has 1 aromatic heterocycles. The summed E-state index contributed by atoms with van der Waals surface area (Å²) in [7, 11) is 0. The number of imidazole rings is 1. The van der Waals surface area contributed by atoms with E-state index in [1.165, 1.54) is 11.1 Å². The molecular weight excluding hydrogens is 338 g/mol. The molecule has 4 rings (SSSR count). The predicted molar refractivity (Wildman–Crippen MR) is 106 cm³/mol. The van der Waals surface area contributed by atoms with E-state index in [4.69, 9.17) is 0 Å². The molecule has 1 unspecified atom stereocenters. The number of rotatable bonds is 5. The topological polar surface area (TPSA) is 78.0 Å². The highest BCUT2D eigenvalue weighted by atomic mass is 16.3. The number of phenolic OH excluding ortho intramolecular Hbond substituents is 1. The number of nitrogens with one attached hydrogen (secondary N) is 2. The lowest BCUT2D eigenvalue weighted by Crippen LogP contribution is -2.35. The predicted octanol–water partition coefficient (Wildman–Crippen LogP) is 4.07. The van der Waals surface area contributed by atoms with E-state index in [0.29, 0.717) is 17.9 Å². The molecule has 0 spiro atoms. The average Bonchev–Trinajstić information content (AvgIpc) is 3.16. The Bertz CT molecular complexity index is 979. The molecule has 1 aliphatic carbocycles. The lowest BCUT2D eigenvalue weighted by atomic mass is 9.66. The van der Waals surface area contributed by atoms with Crippen LogP contribution in [0.25, 0.3) is 11.0 Å². The Morgan fingerprint density at radius 3 is 3.04 bits per heavy atom. The maximum absolute atomic E-state index is 12.6. The molecular formula is C22H25N3O2. The van der Waals surface area contributed by atoms with Crippen molar-refractivity contribution < 1.29 is 9.90 Å². The lowest BCUT2D eigenvalue weighted by molar-refractivity contribution is 0.0949. The largest absolute Gasteiger partial charge is 0.508 e. The number of aromatic hydroxyl groups is 1. The van der Waals surface area contributed by atoms with Gasteiger partial charge in [-0.25, -0.2) is 4.98 Å². The van der Waals surface area contributed by atoms with Crippen LogP contribution in [0.5, 0.6) is 5.75 Å². The Morgan fingerprint density at radius 1 is 1.30 bits per heavy atom. The van der Waals surface area contributed by atoms with Crippen LogP contribution >= 0.6 is 0 Å². The van der Waals surface area contributed by atoms with Crippen molar-refractivity contribution in [2.24, 2.45) is 0 Å². The van der Waals surface area contributed by atoms with Gasteiger partial charge in [-0.1, -0.05) is 13.0 Å². The second kappa shape index (κ2) is 7.06. The molecule has 0 aliphatic heterocycles. The summed E-state index contributed by atoms with van der Waals surface area (Å²) in [6.07, 6.45) is 6.81. The van der Waals surface area contributed by atoms with Crippen LogP contribution in [0, 0.1) is 0 Å². The van der Waals surface area contributed by atoms with Crippen molar-refractivity contribution in [3.63, 3.8) is 0 Å². The minimum Gasteiger partial charge on any atom is -0.508 e. The van der Waals surface area contributed by atoms with Crippen LogP contribution in [-0.4, -0.2) is 27.5 Å². The summed E-state index contributed by atoms with van der Waals surface area (Å²) in [6, 6.07) is 11.2. The Kier molecular flexibility index (Phi) is 4.60. The highest BCUT2D eigenvalue weighted by Crippen LogP contribution is 2.43. The van der Waals surface area contributed by atoms with Gasteiger partial charge >= 0.3 is 0 Å². The number of phenols is 1. The zero-order chi connectivity index (χ0) is 18.9. The number of amides is 1. The quantitative estimate of drug-likeness (QED) is 0.639. The second-order valence-electron chi connectivity index (χ2n) is 7.47. The van der Waals surface area contributed by atoms with Crippen LogP contribution < -0.4 is 5.32 Å². The molecule has 27 heavy (non-hydrogen) atoms. The summed E-state index contributed by atoms with van der Waals surface area (Å²) in [4.78, 5) is 19.8. The summed E-state index contributed by atoms with van der Waals surface area (Å²) >= 11 is 0. The first-order valence-corrected chi connectivity index (χ1v) is 9.65. The SMILES string of the molecule is CCC1(CCNC(=O)c2ccc3nc[nH]c3c2)CCCc2ccc(O)cc21. The summed E-state index contributed by atoms with van der Waals surface area (Å²) in [5.41, 5.74) is 4.96. The highest BCUT2D eigenvalue weighted by Gasteiger charge is 2.34. The summed E-state index contributed by atoms with van der Waals surface area (Å²) in [6.45, 7) is 2.82. The van der Waals surface area contributed by atoms with Crippen LogP contribution in [0.1, 0.15) is 54.1 Å². The zero-order valence-electron chi connectivity index (χ0n) is 15.6. The van der Waals surface area contributed by atoms with E-state index in [2.05, 4.69) is 22.2 Å². The number of aryl methyl sites for hydroxylation is 1. The molecule has 2 aromatic carbocycles. The summed E-state index contributed by atoms with van der Waals surface area (Å²) in [5.74, 6) is 0.259. The molecule has 1 atom stereocenters. The van der Waals surface area contributed by atoms with Crippen LogP contribution in [0.15, 0.2) is 42.7 Å². The van der Waals surface area contributed by atoms with E-state index in [1.807, 2.05) is 30.3 Å². The normalized spacial score (nSPS) is 19.0. The van der Waals surface area contributed by atoms with E-state index in [0.717, 1.165) is 43.1 Å². The number of H-pyrrole nitrogens is 1. The maximum Gasteiger partial charge on any atom is 0.251 e. The van der Waals surface area contributed by atoms with Gasteiger partial charge in [0.05, 0.1) is 17.4 Å². The fourth-order valence-corrected chi connectivity index (χ4v) is 4.43. The molecule has 1 amide bonds. The number of carbonyl (C=O) groups excluding carboxylic acids is 1. The molecule has 1 aliphatic rings. The van der Waals surface area contributed by atoms with Gasteiger partial charge in [-0.15, -0.1) is 0 Å². The summed E-state index contributed by atoms with van der Waals surface area (Å²) < 4.78 is 0. The molecule has 0 fully saturated rings. The minimum atomic E-state index is -0.0651. The van der Waals surface area contributed by atoms with Gasteiger partial charge in [-0.05, 0) is 79.0 Å².